The molecule has 0 saturated heterocycles. The van der Waals surface area contributed by atoms with Crippen LogP contribution in [0.25, 0.3) is 0 Å². The van der Waals surface area contributed by atoms with E-state index in [0.29, 0.717) is 6.04 Å². The number of nitrogens with one attached hydrogen (secondary N) is 1. The smallest absolute Gasteiger partial charge is 0.223 e. The van der Waals surface area contributed by atoms with E-state index in [9.17, 15) is 4.79 Å². The fourth-order valence-corrected chi connectivity index (χ4v) is 2.01. The molecular formula is C12H25N3O. The van der Waals surface area contributed by atoms with E-state index in [-0.39, 0.29) is 17.9 Å². The van der Waals surface area contributed by atoms with Crippen molar-refractivity contribution >= 4 is 5.91 Å². The molecule has 2 atom stereocenters. The van der Waals surface area contributed by atoms with Gasteiger partial charge in [0.25, 0.3) is 0 Å². The standard InChI is InChI=1S/C12H25N3O/c1-9(2)15(3)7-6-14-12(16)10-4-5-11(13)8-10/h9-11H,4-8,13H2,1-3H3,(H,14,16). The second kappa shape index (κ2) is 6.21. The molecule has 0 aliphatic heterocycles. The van der Waals surface area contributed by atoms with Crippen LogP contribution in [0, 0.1) is 5.92 Å². The third-order valence-electron chi connectivity index (χ3n) is 3.49. The van der Waals surface area contributed by atoms with Crippen LogP contribution in [0.3, 0.4) is 0 Å². The SMILES string of the molecule is CC(C)N(C)CCNC(=O)C1CCC(N)C1. The number of likely N-dealkylation sites (N-methyl/N-ethyl adjacent to an activating group) is 1. The third kappa shape index (κ3) is 4.10. The minimum Gasteiger partial charge on any atom is -0.355 e. The Bertz CT molecular complexity index is 230. The van der Waals surface area contributed by atoms with Crippen molar-refractivity contribution < 1.29 is 4.79 Å². The molecule has 2 unspecified atom stereocenters. The van der Waals surface area contributed by atoms with Crippen molar-refractivity contribution in [2.75, 3.05) is 20.1 Å². The number of nitrogens with two attached hydrogens (primary N) is 1. The van der Waals surface area contributed by atoms with Gasteiger partial charge in [-0.3, -0.25) is 4.79 Å². The summed E-state index contributed by atoms with van der Waals surface area (Å²) in [5.41, 5.74) is 5.79. The number of rotatable bonds is 5. The average Bonchev–Trinajstić information content (AvgIpc) is 2.64. The molecule has 1 rings (SSSR count). The third-order valence-corrected chi connectivity index (χ3v) is 3.49. The quantitative estimate of drug-likeness (QED) is 0.722. The zero-order valence-electron chi connectivity index (χ0n) is 10.7. The van der Waals surface area contributed by atoms with E-state index >= 15 is 0 Å². The Hall–Kier alpha value is -0.610. The van der Waals surface area contributed by atoms with Crippen molar-refractivity contribution in [2.24, 2.45) is 11.7 Å². The second-order valence-electron chi connectivity index (χ2n) is 5.14. The van der Waals surface area contributed by atoms with Crippen LogP contribution in [0.4, 0.5) is 0 Å². The van der Waals surface area contributed by atoms with E-state index in [1.807, 2.05) is 0 Å². The normalized spacial score (nSPS) is 25.4. The lowest BCUT2D eigenvalue weighted by molar-refractivity contribution is -0.124. The molecule has 0 radical (unpaired) electrons. The fraction of sp³-hybridized carbons (Fsp3) is 0.917. The molecular weight excluding hydrogens is 202 g/mol. The van der Waals surface area contributed by atoms with Crippen LogP contribution in [-0.2, 0) is 4.79 Å². The molecule has 0 aromatic carbocycles. The van der Waals surface area contributed by atoms with Gasteiger partial charge in [0.2, 0.25) is 5.91 Å². The highest BCUT2D eigenvalue weighted by Crippen LogP contribution is 2.23. The summed E-state index contributed by atoms with van der Waals surface area (Å²) in [6.45, 7) is 5.94. The maximum absolute atomic E-state index is 11.8. The lowest BCUT2D eigenvalue weighted by atomic mass is 10.1. The van der Waals surface area contributed by atoms with E-state index in [0.717, 1.165) is 32.4 Å². The summed E-state index contributed by atoms with van der Waals surface area (Å²) < 4.78 is 0. The molecule has 1 aliphatic rings. The Labute approximate surface area is 98.6 Å². The van der Waals surface area contributed by atoms with Gasteiger partial charge in [-0.1, -0.05) is 0 Å². The second-order valence-corrected chi connectivity index (χ2v) is 5.14. The monoisotopic (exact) mass is 227 g/mol. The van der Waals surface area contributed by atoms with Crippen LogP contribution in [-0.4, -0.2) is 43.0 Å². The Morgan fingerprint density at radius 3 is 2.69 bits per heavy atom. The number of hydrogen-bond donors (Lipinski definition) is 2. The van der Waals surface area contributed by atoms with Crippen LogP contribution in [0.1, 0.15) is 33.1 Å². The summed E-state index contributed by atoms with van der Waals surface area (Å²) in [7, 11) is 2.07. The molecule has 0 aromatic heterocycles. The van der Waals surface area contributed by atoms with E-state index in [1.54, 1.807) is 0 Å². The lowest BCUT2D eigenvalue weighted by Crippen LogP contribution is -2.38. The van der Waals surface area contributed by atoms with Crippen LogP contribution >= 0.6 is 0 Å². The van der Waals surface area contributed by atoms with Gasteiger partial charge in [0.05, 0.1) is 0 Å². The van der Waals surface area contributed by atoms with Gasteiger partial charge in [-0.05, 0) is 40.2 Å². The van der Waals surface area contributed by atoms with Crippen molar-refractivity contribution in [1.29, 1.82) is 0 Å². The van der Waals surface area contributed by atoms with Crippen LogP contribution in [0.15, 0.2) is 0 Å². The number of nitrogens with zero attached hydrogens (tertiary/aromatic N) is 1. The van der Waals surface area contributed by atoms with Crippen molar-refractivity contribution in [3.05, 3.63) is 0 Å². The summed E-state index contributed by atoms with van der Waals surface area (Å²) in [6.07, 6.45) is 2.79. The van der Waals surface area contributed by atoms with E-state index in [2.05, 4.69) is 31.1 Å². The van der Waals surface area contributed by atoms with Crippen LogP contribution < -0.4 is 11.1 Å². The molecule has 4 nitrogen and oxygen atoms in total. The number of hydrogen-bond acceptors (Lipinski definition) is 3. The van der Waals surface area contributed by atoms with Crippen molar-refractivity contribution in [3.8, 4) is 0 Å². The van der Waals surface area contributed by atoms with Gasteiger partial charge in [-0.2, -0.15) is 0 Å². The first kappa shape index (κ1) is 13.5. The predicted octanol–water partition coefficient (Wildman–Crippen LogP) is 0.570. The van der Waals surface area contributed by atoms with Crippen molar-refractivity contribution in [2.45, 2.75) is 45.2 Å². The summed E-state index contributed by atoms with van der Waals surface area (Å²) in [6, 6.07) is 0.755. The van der Waals surface area contributed by atoms with Crippen LogP contribution in [0.2, 0.25) is 0 Å². The summed E-state index contributed by atoms with van der Waals surface area (Å²) >= 11 is 0. The minimum absolute atomic E-state index is 0.152. The maximum atomic E-state index is 11.8. The summed E-state index contributed by atoms with van der Waals surface area (Å²) in [5.74, 6) is 0.337. The molecule has 16 heavy (non-hydrogen) atoms. The van der Waals surface area contributed by atoms with E-state index in [4.69, 9.17) is 5.73 Å². The van der Waals surface area contributed by atoms with Gasteiger partial charge in [0, 0.05) is 31.1 Å². The average molecular weight is 227 g/mol. The number of amides is 1. The van der Waals surface area contributed by atoms with Gasteiger partial charge in [-0.15, -0.1) is 0 Å². The first-order chi connectivity index (χ1) is 7.50. The van der Waals surface area contributed by atoms with E-state index < -0.39 is 0 Å². The molecule has 1 fully saturated rings. The Morgan fingerprint density at radius 1 is 1.50 bits per heavy atom. The van der Waals surface area contributed by atoms with Gasteiger partial charge in [0.15, 0.2) is 0 Å². The highest BCUT2D eigenvalue weighted by Gasteiger charge is 2.27. The molecule has 94 valence electrons. The van der Waals surface area contributed by atoms with Gasteiger partial charge in [-0.25, -0.2) is 0 Å². The lowest BCUT2D eigenvalue weighted by Gasteiger charge is -2.21. The Morgan fingerprint density at radius 2 is 2.19 bits per heavy atom. The molecule has 1 aliphatic carbocycles. The van der Waals surface area contributed by atoms with Crippen molar-refractivity contribution in [3.63, 3.8) is 0 Å². The van der Waals surface area contributed by atoms with Crippen molar-refractivity contribution in [1.82, 2.24) is 10.2 Å². The fourth-order valence-electron chi connectivity index (χ4n) is 2.01. The molecule has 4 heteroatoms. The van der Waals surface area contributed by atoms with Gasteiger partial charge in [0.1, 0.15) is 0 Å². The molecule has 1 saturated carbocycles. The minimum atomic E-state index is 0.152. The number of carbonyl (C=O) groups is 1. The molecule has 1 amide bonds. The molecule has 3 N–H and O–H groups in total. The highest BCUT2D eigenvalue weighted by atomic mass is 16.1. The zero-order valence-corrected chi connectivity index (χ0v) is 10.7. The molecule has 0 spiro atoms. The Balaban J connectivity index is 2.15. The summed E-state index contributed by atoms with van der Waals surface area (Å²) in [5, 5.41) is 2.99. The van der Waals surface area contributed by atoms with E-state index in [1.165, 1.54) is 0 Å². The summed E-state index contributed by atoms with van der Waals surface area (Å²) in [4.78, 5) is 14.0. The van der Waals surface area contributed by atoms with Crippen LogP contribution in [0.5, 0.6) is 0 Å². The zero-order chi connectivity index (χ0) is 12.1. The first-order valence-electron chi connectivity index (χ1n) is 6.24. The topological polar surface area (TPSA) is 58.4 Å². The molecule has 0 aromatic rings. The molecule has 0 heterocycles. The highest BCUT2D eigenvalue weighted by molar-refractivity contribution is 5.78. The first-order valence-corrected chi connectivity index (χ1v) is 6.24. The number of carbonyl (C=O) groups excluding carboxylic acids is 1. The maximum Gasteiger partial charge on any atom is 0.223 e. The van der Waals surface area contributed by atoms with Gasteiger partial charge >= 0.3 is 0 Å². The Kier molecular flexibility index (Phi) is 5.22. The predicted molar refractivity (Wildman–Crippen MR) is 66.1 cm³/mol. The molecule has 0 bridgehead atoms. The largest absolute Gasteiger partial charge is 0.355 e. The van der Waals surface area contributed by atoms with Gasteiger partial charge < -0.3 is 16.0 Å².